The third-order valence-electron chi connectivity index (χ3n) is 3.99. The smallest absolute Gasteiger partial charge is 0.255 e. The average Bonchev–Trinajstić information content (AvgIpc) is 2.66. The molecule has 0 atom stereocenters. The number of ether oxygens (including phenoxy) is 3. The van der Waals surface area contributed by atoms with Crippen LogP contribution >= 0.6 is 0 Å². The summed E-state index contributed by atoms with van der Waals surface area (Å²) in [6, 6.07) is 12.8. The Bertz CT molecular complexity index is 728. The van der Waals surface area contributed by atoms with Gasteiger partial charge in [-0.1, -0.05) is 32.0 Å². The van der Waals surface area contributed by atoms with Gasteiger partial charge in [-0.2, -0.15) is 0 Å². The van der Waals surface area contributed by atoms with Gasteiger partial charge in [0.1, 0.15) is 5.75 Å². The molecule has 0 heterocycles. The van der Waals surface area contributed by atoms with Crippen LogP contribution in [0, 0.1) is 5.92 Å². The van der Waals surface area contributed by atoms with Crippen molar-refractivity contribution < 1.29 is 19.0 Å². The molecule has 140 valence electrons. The normalized spacial score (nSPS) is 10.5. The Morgan fingerprint density at radius 2 is 1.73 bits per heavy atom. The zero-order valence-electron chi connectivity index (χ0n) is 15.9. The molecule has 0 bridgehead atoms. The van der Waals surface area contributed by atoms with Crippen LogP contribution in [0.4, 0.5) is 0 Å². The summed E-state index contributed by atoms with van der Waals surface area (Å²) in [5.41, 5.74) is 1.44. The standard InChI is InChI=1S/C21H27NO4/c1-15(2)11-12-26-19-10-9-16(13-20(19)25-4)14-22-21(23)17-7-5-6-8-18(17)24-3/h5-10,13,15H,11-12,14H2,1-4H3,(H,22,23). The maximum Gasteiger partial charge on any atom is 0.255 e. The van der Waals surface area contributed by atoms with Crippen molar-refractivity contribution in [2.45, 2.75) is 26.8 Å². The lowest BCUT2D eigenvalue weighted by Crippen LogP contribution is -2.23. The first-order chi connectivity index (χ1) is 12.5. The van der Waals surface area contributed by atoms with Gasteiger partial charge in [-0.05, 0) is 42.2 Å². The Morgan fingerprint density at radius 3 is 2.42 bits per heavy atom. The Balaban J connectivity index is 2.00. The van der Waals surface area contributed by atoms with E-state index in [0.717, 1.165) is 12.0 Å². The minimum Gasteiger partial charge on any atom is -0.496 e. The van der Waals surface area contributed by atoms with Gasteiger partial charge < -0.3 is 19.5 Å². The zero-order valence-corrected chi connectivity index (χ0v) is 15.9. The van der Waals surface area contributed by atoms with Gasteiger partial charge in [-0.25, -0.2) is 0 Å². The van der Waals surface area contributed by atoms with E-state index in [1.165, 1.54) is 0 Å². The number of para-hydroxylation sites is 1. The van der Waals surface area contributed by atoms with Crippen LogP contribution in [0.5, 0.6) is 17.2 Å². The highest BCUT2D eigenvalue weighted by molar-refractivity contribution is 5.96. The lowest BCUT2D eigenvalue weighted by molar-refractivity contribution is 0.0948. The van der Waals surface area contributed by atoms with Crippen molar-refractivity contribution in [1.82, 2.24) is 5.32 Å². The molecule has 2 aromatic rings. The van der Waals surface area contributed by atoms with Gasteiger partial charge in [-0.3, -0.25) is 4.79 Å². The topological polar surface area (TPSA) is 56.8 Å². The molecule has 1 N–H and O–H groups in total. The maximum absolute atomic E-state index is 12.4. The molecule has 0 aliphatic heterocycles. The molecule has 0 aliphatic carbocycles. The fourth-order valence-corrected chi connectivity index (χ4v) is 2.46. The number of nitrogens with one attached hydrogen (secondary N) is 1. The monoisotopic (exact) mass is 357 g/mol. The predicted molar refractivity (Wildman–Crippen MR) is 102 cm³/mol. The quantitative estimate of drug-likeness (QED) is 0.735. The number of carbonyl (C=O) groups excluding carboxylic acids is 1. The van der Waals surface area contributed by atoms with Gasteiger partial charge in [0.15, 0.2) is 11.5 Å². The summed E-state index contributed by atoms with van der Waals surface area (Å²) in [6.07, 6.45) is 0.986. The van der Waals surface area contributed by atoms with Crippen molar-refractivity contribution in [1.29, 1.82) is 0 Å². The largest absolute Gasteiger partial charge is 0.496 e. The number of carbonyl (C=O) groups is 1. The molecule has 5 nitrogen and oxygen atoms in total. The molecular formula is C21H27NO4. The molecule has 0 radical (unpaired) electrons. The van der Waals surface area contributed by atoms with Crippen LogP contribution in [0.15, 0.2) is 42.5 Å². The summed E-state index contributed by atoms with van der Waals surface area (Å²) >= 11 is 0. The molecule has 5 heteroatoms. The van der Waals surface area contributed by atoms with Gasteiger partial charge in [-0.15, -0.1) is 0 Å². The van der Waals surface area contributed by atoms with Gasteiger partial charge in [0.05, 0.1) is 26.4 Å². The first-order valence-electron chi connectivity index (χ1n) is 8.76. The summed E-state index contributed by atoms with van der Waals surface area (Å²) in [5.74, 6) is 2.34. The molecule has 0 unspecified atom stereocenters. The van der Waals surface area contributed by atoms with E-state index in [4.69, 9.17) is 14.2 Å². The molecule has 26 heavy (non-hydrogen) atoms. The second kappa shape index (κ2) is 9.70. The van der Waals surface area contributed by atoms with Crippen LogP contribution in [0.1, 0.15) is 36.2 Å². The Hall–Kier alpha value is -2.69. The van der Waals surface area contributed by atoms with Crippen molar-refractivity contribution in [3.63, 3.8) is 0 Å². The van der Waals surface area contributed by atoms with Crippen molar-refractivity contribution in [2.75, 3.05) is 20.8 Å². The Kier molecular flexibility index (Phi) is 7.33. The van der Waals surface area contributed by atoms with Crippen molar-refractivity contribution in [2.24, 2.45) is 5.92 Å². The van der Waals surface area contributed by atoms with Crippen LogP contribution in [-0.4, -0.2) is 26.7 Å². The summed E-state index contributed by atoms with van der Waals surface area (Å²) in [6.45, 7) is 5.36. The van der Waals surface area contributed by atoms with Crippen LogP contribution in [0.25, 0.3) is 0 Å². The van der Waals surface area contributed by atoms with Gasteiger partial charge in [0, 0.05) is 6.54 Å². The fourth-order valence-electron chi connectivity index (χ4n) is 2.46. The van der Waals surface area contributed by atoms with Crippen LogP contribution < -0.4 is 19.5 Å². The Morgan fingerprint density at radius 1 is 1.00 bits per heavy atom. The molecule has 2 rings (SSSR count). The molecule has 0 spiro atoms. The highest BCUT2D eigenvalue weighted by Crippen LogP contribution is 2.28. The first-order valence-corrected chi connectivity index (χ1v) is 8.76. The molecule has 0 saturated heterocycles. The van der Waals surface area contributed by atoms with E-state index in [2.05, 4.69) is 19.2 Å². The van der Waals surface area contributed by atoms with E-state index in [1.807, 2.05) is 30.3 Å². The third kappa shape index (κ3) is 5.41. The van der Waals surface area contributed by atoms with Crippen LogP contribution in [0.3, 0.4) is 0 Å². The number of hydrogen-bond acceptors (Lipinski definition) is 4. The zero-order chi connectivity index (χ0) is 18.9. The lowest BCUT2D eigenvalue weighted by atomic mass is 10.1. The minimum atomic E-state index is -0.182. The highest BCUT2D eigenvalue weighted by atomic mass is 16.5. The minimum absolute atomic E-state index is 0.182. The molecule has 0 aromatic heterocycles. The number of rotatable bonds is 9. The van der Waals surface area contributed by atoms with E-state index in [9.17, 15) is 4.79 Å². The second-order valence-corrected chi connectivity index (χ2v) is 6.40. The SMILES string of the molecule is COc1cc(CNC(=O)c2ccccc2OC)ccc1OCCC(C)C. The van der Waals surface area contributed by atoms with E-state index in [0.29, 0.717) is 41.9 Å². The van der Waals surface area contributed by atoms with E-state index in [1.54, 1.807) is 26.4 Å². The highest BCUT2D eigenvalue weighted by Gasteiger charge is 2.12. The lowest BCUT2D eigenvalue weighted by Gasteiger charge is -2.14. The number of benzene rings is 2. The molecular weight excluding hydrogens is 330 g/mol. The van der Waals surface area contributed by atoms with Crippen LogP contribution in [0.2, 0.25) is 0 Å². The van der Waals surface area contributed by atoms with Gasteiger partial charge in [0.2, 0.25) is 0 Å². The number of hydrogen-bond donors (Lipinski definition) is 1. The summed E-state index contributed by atoms with van der Waals surface area (Å²) in [5, 5.41) is 2.90. The third-order valence-corrected chi connectivity index (χ3v) is 3.99. The predicted octanol–water partition coefficient (Wildman–Crippen LogP) is 4.06. The summed E-state index contributed by atoms with van der Waals surface area (Å²) < 4.78 is 16.4. The number of methoxy groups -OCH3 is 2. The summed E-state index contributed by atoms with van der Waals surface area (Å²) in [4.78, 5) is 12.4. The van der Waals surface area contributed by atoms with Crippen LogP contribution in [-0.2, 0) is 6.54 Å². The molecule has 0 saturated carbocycles. The van der Waals surface area contributed by atoms with Crippen molar-refractivity contribution >= 4 is 5.91 Å². The first kappa shape index (κ1) is 19.6. The van der Waals surface area contributed by atoms with Crippen molar-refractivity contribution in [3.05, 3.63) is 53.6 Å². The maximum atomic E-state index is 12.4. The average molecular weight is 357 g/mol. The summed E-state index contributed by atoms with van der Waals surface area (Å²) in [7, 11) is 3.16. The fraction of sp³-hybridized carbons (Fsp3) is 0.381. The van der Waals surface area contributed by atoms with E-state index >= 15 is 0 Å². The number of amides is 1. The van der Waals surface area contributed by atoms with E-state index < -0.39 is 0 Å². The molecule has 2 aromatic carbocycles. The van der Waals surface area contributed by atoms with Gasteiger partial charge in [0.25, 0.3) is 5.91 Å². The molecule has 0 fully saturated rings. The van der Waals surface area contributed by atoms with E-state index in [-0.39, 0.29) is 5.91 Å². The molecule has 1 amide bonds. The second-order valence-electron chi connectivity index (χ2n) is 6.40. The molecule has 0 aliphatic rings. The van der Waals surface area contributed by atoms with Crippen molar-refractivity contribution in [3.8, 4) is 17.2 Å². The van der Waals surface area contributed by atoms with Gasteiger partial charge >= 0.3 is 0 Å². The Labute approximate surface area is 155 Å².